The molecule has 0 spiro atoms. The van der Waals surface area contributed by atoms with Crippen molar-refractivity contribution in [1.29, 1.82) is 0 Å². The van der Waals surface area contributed by atoms with Gasteiger partial charge in [0.1, 0.15) is 18.0 Å². The summed E-state index contributed by atoms with van der Waals surface area (Å²) in [7, 11) is 0. The van der Waals surface area contributed by atoms with E-state index in [-0.39, 0.29) is 18.0 Å². The fourth-order valence-corrected chi connectivity index (χ4v) is 2.93. The number of nitrogens with zero attached hydrogens (tertiary/aromatic N) is 2. The summed E-state index contributed by atoms with van der Waals surface area (Å²) in [6.07, 6.45) is -7.01. The largest absolute Gasteiger partial charge is 0.417 e. The molecule has 1 aliphatic carbocycles. The number of nitrogens with one attached hydrogen (secondary N) is 1. The first-order valence-corrected chi connectivity index (χ1v) is 9.71. The molecular formula is C20H16ClF6N3O2. The van der Waals surface area contributed by atoms with Gasteiger partial charge in [0.2, 0.25) is 0 Å². The maximum atomic E-state index is 13.2. The van der Waals surface area contributed by atoms with Crippen molar-refractivity contribution in [3.63, 3.8) is 0 Å². The second-order valence-electron chi connectivity index (χ2n) is 7.06. The number of oxime groups is 1. The highest BCUT2D eigenvalue weighted by Crippen LogP contribution is 2.33. The van der Waals surface area contributed by atoms with Crippen LogP contribution in [0, 0.1) is 5.92 Å². The van der Waals surface area contributed by atoms with E-state index in [1.54, 1.807) is 0 Å². The minimum atomic E-state index is -4.75. The minimum Gasteiger partial charge on any atom is -0.395 e. The summed E-state index contributed by atoms with van der Waals surface area (Å²) in [5, 5.41) is 5.68. The standard InChI is InChI=1S/C20H16ClF6N3O2/c21-15-7-12(19(22,23)24)8-28-17(15)16(30-32-10-11-5-6-11)9-29-18(31)13-3-1-2-4-14(13)20(25,26)27/h1-4,7-8,11H,5-6,9-10H2,(H,29,31). The second-order valence-corrected chi connectivity index (χ2v) is 7.46. The highest BCUT2D eigenvalue weighted by atomic mass is 35.5. The van der Waals surface area contributed by atoms with E-state index in [1.807, 2.05) is 0 Å². The molecule has 0 saturated heterocycles. The first kappa shape index (κ1) is 23.8. The maximum absolute atomic E-state index is 13.2. The summed E-state index contributed by atoms with van der Waals surface area (Å²) >= 11 is 5.94. The zero-order valence-corrected chi connectivity index (χ0v) is 17.0. The summed E-state index contributed by atoms with van der Waals surface area (Å²) < 4.78 is 78.1. The lowest BCUT2D eigenvalue weighted by atomic mass is 10.1. The molecule has 12 heteroatoms. The van der Waals surface area contributed by atoms with Crippen molar-refractivity contribution >= 4 is 23.2 Å². The third kappa shape index (κ3) is 6.12. The molecule has 3 rings (SSSR count). The van der Waals surface area contributed by atoms with Crippen molar-refractivity contribution in [2.75, 3.05) is 13.2 Å². The number of carbonyl (C=O) groups is 1. The van der Waals surface area contributed by atoms with Gasteiger partial charge in [0.25, 0.3) is 5.91 Å². The lowest BCUT2D eigenvalue weighted by molar-refractivity contribution is -0.138. The van der Waals surface area contributed by atoms with Crippen LogP contribution < -0.4 is 5.32 Å². The molecule has 1 amide bonds. The third-order valence-electron chi connectivity index (χ3n) is 4.52. The van der Waals surface area contributed by atoms with Gasteiger partial charge in [-0.25, -0.2) is 0 Å². The minimum absolute atomic E-state index is 0.137. The Morgan fingerprint density at radius 1 is 1.16 bits per heavy atom. The zero-order chi connectivity index (χ0) is 23.5. The number of aromatic nitrogens is 1. The van der Waals surface area contributed by atoms with Crippen LogP contribution in [-0.2, 0) is 17.2 Å². The molecule has 1 aromatic heterocycles. The summed E-state index contributed by atoms with van der Waals surface area (Å²) in [6.45, 7) is -0.236. The highest BCUT2D eigenvalue weighted by Gasteiger charge is 2.35. The molecule has 1 fully saturated rings. The number of halogens is 7. The van der Waals surface area contributed by atoms with E-state index in [0.29, 0.717) is 18.2 Å². The Labute approximate surface area is 183 Å². The predicted molar refractivity (Wildman–Crippen MR) is 103 cm³/mol. The van der Waals surface area contributed by atoms with Crippen molar-refractivity contribution in [1.82, 2.24) is 10.3 Å². The Balaban J connectivity index is 1.82. The Morgan fingerprint density at radius 2 is 1.84 bits per heavy atom. The maximum Gasteiger partial charge on any atom is 0.417 e. The number of amides is 1. The van der Waals surface area contributed by atoms with Crippen LogP contribution in [0.3, 0.4) is 0 Å². The van der Waals surface area contributed by atoms with Gasteiger partial charge in [-0.3, -0.25) is 9.78 Å². The fourth-order valence-electron chi connectivity index (χ4n) is 2.66. The molecule has 0 atom stereocenters. The molecular weight excluding hydrogens is 464 g/mol. The Bertz CT molecular complexity index is 1020. The molecule has 5 nitrogen and oxygen atoms in total. The average molecular weight is 480 g/mol. The van der Waals surface area contributed by atoms with Crippen molar-refractivity contribution in [2.45, 2.75) is 25.2 Å². The van der Waals surface area contributed by atoms with Crippen molar-refractivity contribution in [3.05, 3.63) is 63.9 Å². The van der Waals surface area contributed by atoms with Crippen LogP contribution in [0.25, 0.3) is 0 Å². The van der Waals surface area contributed by atoms with Gasteiger partial charge in [-0.1, -0.05) is 28.9 Å². The number of rotatable bonds is 7. The molecule has 0 radical (unpaired) electrons. The Hall–Kier alpha value is -2.82. The number of carbonyl (C=O) groups excluding carboxylic acids is 1. The van der Waals surface area contributed by atoms with Gasteiger partial charge in [-0.15, -0.1) is 0 Å². The lowest BCUT2D eigenvalue weighted by Gasteiger charge is -2.14. The van der Waals surface area contributed by atoms with E-state index in [9.17, 15) is 31.1 Å². The van der Waals surface area contributed by atoms with Gasteiger partial charge in [0.15, 0.2) is 0 Å². The third-order valence-corrected chi connectivity index (χ3v) is 4.81. The molecule has 0 aliphatic heterocycles. The molecule has 1 aliphatic rings. The smallest absolute Gasteiger partial charge is 0.395 e. The molecule has 1 heterocycles. The number of hydrogen-bond acceptors (Lipinski definition) is 4. The molecule has 1 saturated carbocycles. The van der Waals surface area contributed by atoms with Gasteiger partial charge < -0.3 is 10.2 Å². The van der Waals surface area contributed by atoms with Crippen molar-refractivity contribution in [2.24, 2.45) is 11.1 Å². The number of pyridine rings is 1. The van der Waals surface area contributed by atoms with E-state index in [1.165, 1.54) is 6.07 Å². The monoisotopic (exact) mass is 479 g/mol. The van der Waals surface area contributed by atoms with Crippen LogP contribution in [0.15, 0.2) is 41.7 Å². The van der Waals surface area contributed by atoms with Gasteiger partial charge in [-0.2, -0.15) is 26.3 Å². The van der Waals surface area contributed by atoms with Crippen LogP contribution in [0.1, 0.15) is 40.0 Å². The van der Waals surface area contributed by atoms with E-state index >= 15 is 0 Å². The molecule has 172 valence electrons. The SMILES string of the molecule is O=C(NCC(=NOCC1CC1)c1ncc(C(F)(F)F)cc1Cl)c1ccccc1C(F)(F)F. The van der Waals surface area contributed by atoms with Crippen LogP contribution in [-0.4, -0.2) is 29.8 Å². The Morgan fingerprint density at radius 3 is 2.44 bits per heavy atom. The molecule has 1 N–H and O–H groups in total. The van der Waals surface area contributed by atoms with Crippen LogP contribution in [0.4, 0.5) is 26.3 Å². The number of benzene rings is 1. The first-order chi connectivity index (χ1) is 15.0. The van der Waals surface area contributed by atoms with Gasteiger partial charge >= 0.3 is 12.4 Å². The Kier molecular flexibility index (Phi) is 6.97. The summed E-state index contributed by atoms with van der Waals surface area (Å²) in [4.78, 5) is 21.3. The van der Waals surface area contributed by atoms with Gasteiger partial charge in [0.05, 0.1) is 28.3 Å². The topological polar surface area (TPSA) is 63.6 Å². The number of alkyl halides is 6. The van der Waals surface area contributed by atoms with E-state index < -0.39 is 46.5 Å². The fraction of sp³-hybridized carbons (Fsp3) is 0.350. The molecule has 2 aromatic rings. The predicted octanol–water partition coefficient (Wildman–Crippen LogP) is 5.33. The van der Waals surface area contributed by atoms with E-state index in [0.717, 1.165) is 31.0 Å². The normalized spacial score (nSPS) is 14.9. The molecule has 0 unspecified atom stereocenters. The molecule has 1 aromatic carbocycles. The lowest BCUT2D eigenvalue weighted by Crippen LogP contribution is -2.32. The first-order valence-electron chi connectivity index (χ1n) is 9.33. The summed E-state index contributed by atoms with van der Waals surface area (Å²) in [5.74, 6) is -0.764. The average Bonchev–Trinajstić information content (AvgIpc) is 3.53. The summed E-state index contributed by atoms with van der Waals surface area (Å²) in [6, 6.07) is 4.82. The van der Waals surface area contributed by atoms with Crippen LogP contribution >= 0.6 is 11.6 Å². The van der Waals surface area contributed by atoms with E-state index in [4.69, 9.17) is 16.4 Å². The zero-order valence-electron chi connectivity index (χ0n) is 16.2. The van der Waals surface area contributed by atoms with Crippen LogP contribution in [0.2, 0.25) is 5.02 Å². The second kappa shape index (κ2) is 9.35. The van der Waals surface area contributed by atoms with Crippen LogP contribution in [0.5, 0.6) is 0 Å². The number of hydrogen-bond donors (Lipinski definition) is 1. The van der Waals surface area contributed by atoms with Gasteiger partial charge in [-0.05, 0) is 37.0 Å². The van der Waals surface area contributed by atoms with Gasteiger partial charge in [0, 0.05) is 6.20 Å². The summed E-state index contributed by atoms with van der Waals surface area (Å²) in [5.41, 5.74) is -3.17. The molecule has 32 heavy (non-hydrogen) atoms. The van der Waals surface area contributed by atoms with Crippen molar-refractivity contribution < 1.29 is 36.0 Å². The quantitative estimate of drug-likeness (QED) is 0.331. The van der Waals surface area contributed by atoms with Crippen molar-refractivity contribution in [3.8, 4) is 0 Å². The highest BCUT2D eigenvalue weighted by molar-refractivity contribution is 6.34. The van der Waals surface area contributed by atoms with E-state index in [2.05, 4.69) is 15.5 Å². The molecule has 0 bridgehead atoms.